The van der Waals surface area contributed by atoms with Crippen molar-refractivity contribution >= 4 is 40.9 Å². The molecule has 0 bridgehead atoms. The number of halogens is 1. The molecular weight excluding hydrogens is 389 g/mol. The van der Waals surface area contributed by atoms with Crippen molar-refractivity contribution in [2.24, 2.45) is 10.9 Å². The first-order valence-electron chi connectivity index (χ1n) is 7.69. The molecule has 4 nitrogen and oxygen atoms in total. The molecule has 0 spiro atoms. The van der Waals surface area contributed by atoms with Crippen molar-refractivity contribution in [2.75, 3.05) is 20.1 Å². The van der Waals surface area contributed by atoms with Crippen molar-refractivity contribution in [2.45, 2.75) is 26.3 Å². The lowest BCUT2D eigenvalue weighted by atomic mass is 10.00. The molecule has 0 atom stereocenters. The van der Waals surface area contributed by atoms with Gasteiger partial charge in [-0.15, -0.1) is 24.0 Å². The van der Waals surface area contributed by atoms with Gasteiger partial charge in [0.25, 0.3) is 0 Å². The number of benzene rings is 1. The number of likely N-dealkylation sites (tertiary alicyclic amines) is 1. The van der Waals surface area contributed by atoms with E-state index in [9.17, 15) is 0 Å². The Bertz CT molecular complexity index is 597. The second kappa shape index (κ2) is 7.85. The molecule has 5 heteroatoms. The third-order valence-corrected chi connectivity index (χ3v) is 4.19. The fourth-order valence-corrected chi connectivity index (χ4v) is 2.84. The molecule has 2 heterocycles. The van der Waals surface area contributed by atoms with Gasteiger partial charge in [0.05, 0.1) is 6.54 Å². The molecule has 1 saturated heterocycles. The highest BCUT2D eigenvalue weighted by atomic mass is 127. The summed E-state index contributed by atoms with van der Waals surface area (Å²) < 4.78 is 5.83. The number of guanidine groups is 1. The van der Waals surface area contributed by atoms with Gasteiger partial charge >= 0.3 is 0 Å². The zero-order valence-electron chi connectivity index (χ0n) is 13.2. The van der Waals surface area contributed by atoms with Crippen molar-refractivity contribution in [3.63, 3.8) is 0 Å². The summed E-state index contributed by atoms with van der Waals surface area (Å²) >= 11 is 0. The molecule has 1 N–H and O–H groups in total. The van der Waals surface area contributed by atoms with Gasteiger partial charge in [-0.2, -0.15) is 0 Å². The van der Waals surface area contributed by atoms with Crippen molar-refractivity contribution in [3.8, 4) is 0 Å². The summed E-state index contributed by atoms with van der Waals surface area (Å²) in [4.78, 5) is 6.73. The molecule has 0 unspecified atom stereocenters. The fraction of sp³-hybridized carbons (Fsp3) is 0.471. The highest BCUT2D eigenvalue weighted by Crippen LogP contribution is 2.19. The van der Waals surface area contributed by atoms with Gasteiger partial charge in [-0.3, -0.25) is 4.99 Å². The molecule has 0 radical (unpaired) electrons. The van der Waals surface area contributed by atoms with Crippen LogP contribution in [0.15, 0.2) is 39.7 Å². The van der Waals surface area contributed by atoms with Crippen LogP contribution in [0, 0.1) is 5.92 Å². The van der Waals surface area contributed by atoms with Crippen LogP contribution in [0.5, 0.6) is 0 Å². The van der Waals surface area contributed by atoms with Gasteiger partial charge in [0.15, 0.2) is 5.96 Å². The summed E-state index contributed by atoms with van der Waals surface area (Å²) in [6, 6.07) is 10.2. The lowest BCUT2D eigenvalue weighted by Crippen LogP contribution is -2.45. The zero-order valence-corrected chi connectivity index (χ0v) is 15.5. The first-order valence-corrected chi connectivity index (χ1v) is 7.69. The molecule has 1 aromatic carbocycles. The number of aliphatic imine (C=N–C) groups is 1. The summed E-state index contributed by atoms with van der Waals surface area (Å²) in [6.45, 7) is 5.16. The smallest absolute Gasteiger partial charge is 0.194 e. The average Bonchev–Trinajstić information content (AvgIpc) is 2.92. The molecule has 1 aromatic heterocycles. The Labute approximate surface area is 149 Å². The van der Waals surface area contributed by atoms with Crippen molar-refractivity contribution < 1.29 is 4.42 Å². The van der Waals surface area contributed by atoms with Crippen molar-refractivity contribution in [1.29, 1.82) is 0 Å². The van der Waals surface area contributed by atoms with E-state index in [1.54, 1.807) is 0 Å². The Morgan fingerprint density at radius 2 is 2.05 bits per heavy atom. The predicted octanol–water partition coefficient (Wildman–Crippen LogP) is 3.86. The first-order chi connectivity index (χ1) is 10.3. The minimum absolute atomic E-state index is 0. The van der Waals surface area contributed by atoms with E-state index in [4.69, 9.17) is 4.42 Å². The Balaban J connectivity index is 0.00000176. The number of nitrogens with zero attached hydrogens (tertiary/aromatic N) is 2. The van der Waals surface area contributed by atoms with E-state index in [2.05, 4.69) is 34.3 Å². The lowest BCUT2D eigenvalue weighted by molar-refractivity contribution is 0.273. The minimum atomic E-state index is 0. The van der Waals surface area contributed by atoms with E-state index < -0.39 is 0 Å². The lowest BCUT2D eigenvalue weighted by Gasteiger charge is -2.32. The molecular formula is C17H24IN3O. The normalized spacial score (nSPS) is 16.6. The van der Waals surface area contributed by atoms with E-state index >= 15 is 0 Å². The van der Waals surface area contributed by atoms with Crippen LogP contribution in [0.25, 0.3) is 11.0 Å². The monoisotopic (exact) mass is 413 g/mol. The van der Waals surface area contributed by atoms with Gasteiger partial charge in [-0.1, -0.05) is 25.1 Å². The van der Waals surface area contributed by atoms with E-state index in [1.807, 2.05) is 25.2 Å². The molecule has 0 aliphatic carbocycles. The summed E-state index contributed by atoms with van der Waals surface area (Å²) in [5.74, 6) is 2.75. The van der Waals surface area contributed by atoms with Gasteiger partial charge in [-0.05, 0) is 30.9 Å². The molecule has 22 heavy (non-hydrogen) atoms. The first kappa shape index (κ1) is 17.1. The minimum Gasteiger partial charge on any atom is -0.459 e. The quantitative estimate of drug-likeness (QED) is 0.462. The van der Waals surface area contributed by atoms with Gasteiger partial charge < -0.3 is 14.6 Å². The summed E-state index contributed by atoms with van der Waals surface area (Å²) in [7, 11) is 1.85. The van der Waals surface area contributed by atoms with E-state index in [1.165, 1.54) is 12.8 Å². The Morgan fingerprint density at radius 3 is 2.73 bits per heavy atom. The Morgan fingerprint density at radius 1 is 1.32 bits per heavy atom. The van der Waals surface area contributed by atoms with Crippen molar-refractivity contribution in [3.05, 3.63) is 36.1 Å². The number of nitrogens with one attached hydrogen (secondary N) is 1. The van der Waals surface area contributed by atoms with E-state index in [0.717, 1.165) is 41.7 Å². The van der Waals surface area contributed by atoms with Crippen LogP contribution in [0.4, 0.5) is 0 Å². The molecule has 1 fully saturated rings. The second-order valence-corrected chi connectivity index (χ2v) is 5.82. The largest absolute Gasteiger partial charge is 0.459 e. The number of hydrogen-bond acceptors (Lipinski definition) is 2. The molecule has 0 amide bonds. The maximum absolute atomic E-state index is 5.83. The molecule has 3 rings (SSSR count). The van der Waals surface area contributed by atoms with Gasteiger partial charge in [-0.25, -0.2) is 0 Å². The highest BCUT2D eigenvalue weighted by molar-refractivity contribution is 14.0. The number of para-hydroxylation sites is 1. The molecule has 120 valence electrons. The van der Waals surface area contributed by atoms with Crippen LogP contribution in [-0.4, -0.2) is 31.0 Å². The maximum atomic E-state index is 5.83. The predicted molar refractivity (Wildman–Crippen MR) is 102 cm³/mol. The maximum Gasteiger partial charge on any atom is 0.194 e. The topological polar surface area (TPSA) is 40.8 Å². The average molecular weight is 413 g/mol. The third-order valence-electron chi connectivity index (χ3n) is 4.19. The highest BCUT2D eigenvalue weighted by Gasteiger charge is 2.18. The van der Waals surface area contributed by atoms with Gasteiger partial charge in [0.1, 0.15) is 11.3 Å². The SMILES string of the molecule is CN=C(NCc1cc2ccccc2o1)N1CCC(C)CC1.I. The fourth-order valence-electron chi connectivity index (χ4n) is 2.84. The summed E-state index contributed by atoms with van der Waals surface area (Å²) in [5.41, 5.74) is 0.941. The Kier molecular flexibility index (Phi) is 6.11. The van der Waals surface area contributed by atoms with Crippen molar-refractivity contribution in [1.82, 2.24) is 10.2 Å². The molecule has 0 saturated carbocycles. The molecule has 2 aromatic rings. The molecule has 1 aliphatic heterocycles. The number of rotatable bonds is 2. The van der Waals surface area contributed by atoms with E-state index in [-0.39, 0.29) is 24.0 Å². The zero-order chi connectivity index (χ0) is 14.7. The van der Waals surface area contributed by atoms with Crippen LogP contribution >= 0.6 is 24.0 Å². The van der Waals surface area contributed by atoms with Crippen LogP contribution in [0.2, 0.25) is 0 Å². The van der Waals surface area contributed by atoms with Crippen LogP contribution in [-0.2, 0) is 6.54 Å². The Hall–Kier alpha value is -1.24. The second-order valence-electron chi connectivity index (χ2n) is 5.82. The standard InChI is InChI=1S/C17H23N3O.HI/c1-13-7-9-20(10-8-13)17(18-2)19-12-15-11-14-5-3-4-6-16(14)21-15;/h3-6,11,13H,7-10,12H2,1-2H3,(H,18,19);1H. The summed E-state index contributed by atoms with van der Waals surface area (Å²) in [6.07, 6.45) is 2.48. The molecule has 1 aliphatic rings. The summed E-state index contributed by atoms with van der Waals surface area (Å²) in [5, 5.41) is 4.56. The van der Waals surface area contributed by atoms with Crippen LogP contribution < -0.4 is 5.32 Å². The number of hydrogen-bond donors (Lipinski definition) is 1. The number of piperidine rings is 1. The van der Waals surface area contributed by atoms with Crippen LogP contribution in [0.3, 0.4) is 0 Å². The van der Waals surface area contributed by atoms with E-state index in [0.29, 0.717) is 6.54 Å². The van der Waals surface area contributed by atoms with Gasteiger partial charge in [0, 0.05) is 25.5 Å². The third kappa shape index (κ3) is 3.94. The van der Waals surface area contributed by atoms with Gasteiger partial charge in [0.2, 0.25) is 0 Å². The number of fused-ring (bicyclic) bond motifs is 1. The van der Waals surface area contributed by atoms with Crippen LogP contribution in [0.1, 0.15) is 25.5 Å². The number of furan rings is 1.